The van der Waals surface area contributed by atoms with E-state index in [1.54, 1.807) is 0 Å². The first-order chi connectivity index (χ1) is 9.58. The fourth-order valence-corrected chi connectivity index (χ4v) is 2.56. The zero-order chi connectivity index (χ0) is 14.5. The van der Waals surface area contributed by atoms with E-state index in [1.165, 1.54) is 0 Å². The highest BCUT2D eigenvalue weighted by molar-refractivity contribution is 9.10. The molecule has 1 saturated heterocycles. The third-order valence-corrected chi connectivity index (χ3v) is 3.79. The maximum Gasteiger partial charge on any atom is 0.238 e. The summed E-state index contributed by atoms with van der Waals surface area (Å²) in [6.07, 6.45) is -0.204. The second kappa shape index (κ2) is 7.17. The molecule has 0 saturated carbocycles. The number of nitrogens with zero attached hydrogens (tertiary/aromatic N) is 1. The van der Waals surface area contributed by atoms with Crippen molar-refractivity contribution in [1.29, 1.82) is 0 Å². The lowest BCUT2D eigenvalue weighted by Gasteiger charge is -2.36. The zero-order valence-electron chi connectivity index (χ0n) is 11.4. The first kappa shape index (κ1) is 15.4. The van der Waals surface area contributed by atoms with Gasteiger partial charge >= 0.3 is 0 Å². The van der Waals surface area contributed by atoms with Gasteiger partial charge in [0.2, 0.25) is 5.91 Å². The number of aliphatic hydroxyl groups excluding tert-OH is 1. The van der Waals surface area contributed by atoms with Crippen molar-refractivity contribution in [3.63, 3.8) is 0 Å². The Morgan fingerprint density at radius 3 is 3.10 bits per heavy atom. The number of anilines is 1. The van der Waals surface area contributed by atoms with Crippen molar-refractivity contribution in [3.8, 4) is 0 Å². The summed E-state index contributed by atoms with van der Waals surface area (Å²) >= 11 is 3.37. The standard InChI is InChI=1S/C14H19BrN2O3/c1-10-9-20-13(8-18)6-17(10)7-14(19)16-12-4-2-3-11(15)5-12/h2-5,10,13,18H,6-9H2,1H3,(H,16,19). The van der Waals surface area contributed by atoms with Crippen molar-refractivity contribution in [2.75, 3.05) is 31.6 Å². The number of nitrogens with one attached hydrogen (secondary N) is 1. The number of hydrogen-bond acceptors (Lipinski definition) is 4. The Kier molecular flexibility index (Phi) is 5.54. The summed E-state index contributed by atoms with van der Waals surface area (Å²) < 4.78 is 6.38. The first-order valence-electron chi connectivity index (χ1n) is 6.60. The normalized spacial score (nSPS) is 23.6. The van der Waals surface area contributed by atoms with E-state index in [9.17, 15) is 4.79 Å². The van der Waals surface area contributed by atoms with Crippen LogP contribution in [-0.4, -0.2) is 54.4 Å². The number of rotatable bonds is 4. The number of carbonyl (C=O) groups excluding carboxylic acids is 1. The molecule has 0 radical (unpaired) electrons. The van der Waals surface area contributed by atoms with Crippen LogP contribution in [0.3, 0.4) is 0 Å². The van der Waals surface area contributed by atoms with E-state index in [0.717, 1.165) is 10.2 Å². The van der Waals surface area contributed by atoms with Crippen molar-refractivity contribution < 1.29 is 14.6 Å². The van der Waals surface area contributed by atoms with Crippen LogP contribution in [0, 0.1) is 0 Å². The van der Waals surface area contributed by atoms with Crippen molar-refractivity contribution >= 4 is 27.5 Å². The van der Waals surface area contributed by atoms with Gasteiger partial charge in [-0.25, -0.2) is 0 Å². The molecule has 2 atom stereocenters. The van der Waals surface area contributed by atoms with Gasteiger partial charge in [-0.1, -0.05) is 22.0 Å². The Labute approximate surface area is 127 Å². The van der Waals surface area contributed by atoms with Crippen LogP contribution >= 0.6 is 15.9 Å². The number of morpholine rings is 1. The minimum absolute atomic E-state index is 0.0174. The highest BCUT2D eigenvalue weighted by atomic mass is 79.9. The summed E-state index contributed by atoms with van der Waals surface area (Å²) in [4.78, 5) is 14.1. The van der Waals surface area contributed by atoms with Crippen LogP contribution in [0.4, 0.5) is 5.69 Å². The first-order valence-corrected chi connectivity index (χ1v) is 7.39. The molecule has 1 aliphatic heterocycles. The summed E-state index contributed by atoms with van der Waals surface area (Å²) in [5, 5.41) is 12.0. The molecule has 6 heteroatoms. The van der Waals surface area contributed by atoms with Crippen LogP contribution < -0.4 is 5.32 Å². The van der Waals surface area contributed by atoms with Gasteiger partial charge in [0.25, 0.3) is 0 Å². The van der Waals surface area contributed by atoms with Gasteiger partial charge in [0.05, 0.1) is 25.9 Å². The van der Waals surface area contributed by atoms with Crippen molar-refractivity contribution in [1.82, 2.24) is 4.90 Å². The van der Waals surface area contributed by atoms with Gasteiger partial charge < -0.3 is 15.2 Å². The lowest BCUT2D eigenvalue weighted by atomic mass is 10.2. The molecular formula is C14H19BrN2O3. The van der Waals surface area contributed by atoms with Crippen LogP contribution in [0.15, 0.2) is 28.7 Å². The van der Waals surface area contributed by atoms with E-state index in [1.807, 2.05) is 36.1 Å². The Balaban J connectivity index is 1.90. The van der Waals surface area contributed by atoms with E-state index in [-0.39, 0.29) is 24.7 Å². The largest absolute Gasteiger partial charge is 0.394 e. The van der Waals surface area contributed by atoms with Gasteiger partial charge in [-0.2, -0.15) is 0 Å². The quantitative estimate of drug-likeness (QED) is 0.869. The minimum Gasteiger partial charge on any atom is -0.394 e. The average Bonchev–Trinajstić information content (AvgIpc) is 2.41. The molecule has 1 aliphatic rings. The minimum atomic E-state index is -0.204. The molecule has 2 rings (SSSR count). The number of amides is 1. The lowest BCUT2D eigenvalue weighted by Crippen LogP contribution is -2.51. The number of carbonyl (C=O) groups is 1. The molecule has 20 heavy (non-hydrogen) atoms. The molecule has 1 aromatic carbocycles. The smallest absolute Gasteiger partial charge is 0.238 e. The van der Waals surface area contributed by atoms with E-state index < -0.39 is 0 Å². The maximum atomic E-state index is 12.1. The number of benzene rings is 1. The molecule has 1 fully saturated rings. The van der Waals surface area contributed by atoms with E-state index in [0.29, 0.717) is 19.7 Å². The topological polar surface area (TPSA) is 61.8 Å². The predicted molar refractivity (Wildman–Crippen MR) is 80.6 cm³/mol. The molecule has 0 spiro atoms. The molecule has 110 valence electrons. The third-order valence-electron chi connectivity index (χ3n) is 3.29. The second-order valence-electron chi connectivity index (χ2n) is 4.97. The van der Waals surface area contributed by atoms with Crippen LogP contribution in [0.2, 0.25) is 0 Å². The van der Waals surface area contributed by atoms with Crippen molar-refractivity contribution in [2.45, 2.75) is 19.1 Å². The Hall–Kier alpha value is -0.950. The Morgan fingerprint density at radius 2 is 2.40 bits per heavy atom. The van der Waals surface area contributed by atoms with Crippen LogP contribution in [0.25, 0.3) is 0 Å². The number of halogens is 1. The molecule has 0 aliphatic carbocycles. The summed E-state index contributed by atoms with van der Waals surface area (Å²) in [7, 11) is 0. The van der Waals surface area contributed by atoms with Gasteiger partial charge in [-0.05, 0) is 25.1 Å². The van der Waals surface area contributed by atoms with Gasteiger partial charge in [0.1, 0.15) is 0 Å². The molecule has 5 nitrogen and oxygen atoms in total. The van der Waals surface area contributed by atoms with Gasteiger partial charge in [-0.3, -0.25) is 9.69 Å². The van der Waals surface area contributed by atoms with Crippen molar-refractivity contribution in [2.24, 2.45) is 0 Å². The van der Waals surface area contributed by atoms with Gasteiger partial charge in [0, 0.05) is 22.7 Å². The SMILES string of the molecule is CC1COC(CO)CN1CC(=O)Nc1cccc(Br)c1. The van der Waals surface area contributed by atoms with Gasteiger partial charge in [-0.15, -0.1) is 0 Å². The average molecular weight is 343 g/mol. The van der Waals surface area contributed by atoms with Crippen LogP contribution in [0.5, 0.6) is 0 Å². The fourth-order valence-electron chi connectivity index (χ4n) is 2.16. The van der Waals surface area contributed by atoms with Crippen molar-refractivity contribution in [3.05, 3.63) is 28.7 Å². The second-order valence-corrected chi connectivity index (χ2v) is 5.89. The molecule has 1 heterocycles. The van der Waals surface area contributed by atoms with Gasteiger partial charge in [0.15, 0.2) is 0 Å². The molecule has 0 bridgehead atoms. The molecule has 0 aromatic heterocycles. The monoisotopic (exact) mass is 342 g/mol. The Morgan fingerprint density at radius 1 is 1.60 bits per heavy atom. The van der Waals surface area contributed by atoms with Crippen LogP contribution in [-0.2, 0) is 9.53 Å². The number of ether oxygens (including phenoxy) is 1. The summed E-state index contributed by atoms with van der Waals surface area (Å²) in [5.74, 6) is -0.0615. The number of aliphatic hydroxyl groups is 1. The molecule has 1 amide bonds. The molecule has 2 N–H and O–H groups in total. The third kappa shape index (κ3) is 4.28. The summed E-state index contributed by atoms with van der Waals surface area (Å²) in [6, 6.07) is 7.66. The Bertz CT molecular complexity index is 469. The van der Waals surface area contributed by atoms with E-state index >= 15 is 0 Å². The molecular weight excluding hydrogens is 324 g/mol. The van der Waals surface area contributed by atoms with E-state index in [4.69, 9.17) is 9.84 Å². The number of hydrogen-bond donors (Lipinski definition) is 2. The highest BCUT2D eigenvalue weighted by Gasteiger charge is 2.26. The predicted octanol–water partition coefficient (Wildman–Crippen LogP) is 1.47. The lowest BCUT2D eigenvalue weighted by molar-refractivity contribution is -0.122. The maximum absolute atomic E-state index is 12.1. The van der Waals surface area contributed by atoms with E-state index in [2.05, 4.69) is 21.2 Å². The highest BCUT2D eigenvalue weighted by Crippen LogP contribution is 2.16. The fraction of sp³-hybridized carbons (Fsp3) is 0.500. The molecule has 2 unspecified atom stereocenters. The summed E-state index contributed by atoms with van der Waals surface area (Å²) in [6.45, 7) is 3.41. The van der Waals surface area contributed by atoms with Crippen LogP contribution in [0.1, 0.15) is 6.92 Å². The molecule has 1 aromatic rings. The zero-order valence-corrected chi connectivity index (χ0v) is 13.0. The summed E-state index contributed by atoms with van der Waals surface area (Å²) in [5.41, 5.74) is 0.768.